The first-order valence-electron chi connectivity index (χ1n) is 9.34. The van der Waals surface area contributed by atoms with Gasteiger partial charge in [-0.05, 0) is 50.5 Å². The molecule has 0 saturated carbocycles. The molecular weight excluding hydrogens is 340 g/mol. The first kappa shape index (κ1) is 17.5. The van der Waals surface area contributed by atoms with Gasteiger partial charge in [-0.1, -0.05) is 29.8 Å². The van der Waals surface area contributed by atoms with Crippen molar-refractivity contribution in [3.05, 3.63) is 64.7 Å². The highest BCUT2D eigenvalue weighted by molar-refractivity contribution is 6.21. The quantitative estimate of drug-likeness (QED) is 0.784. The molecule has 2 aliphatic heterocycles. The zero-order valence-corrected chi connectivity index (χ0v) is 15.6. The van der Waals surface area contributed by atoms with Crippen LogP contribution < -0.4 is 4.90 Å². The Morgan fingerprint density at radius 2 is 1.81 bits per heavy atom. The molecule has 2 aromatic rings. The van der Waals surface area contributed by atoms with Crippen LogP contribution in [-0.2, 0) is 11.2 Å². The monoisotopic (exact) mass is 362 g/mol. The van der Waals surface area contributed by atoms with Gasteiger partial charge in [0.2, 0.25) is 5.91 Å². The average molecular weight is 362 g/mol. The number of para-hydroxylation sites is 1. The number of aryl methyl sites for hydroxylation is 1. The summed E-state index contributed by atoms with van der Waals surface area (Å²) in [6.45, 7) is 4.21. The number of imide groups is 1. The van der Waals surface area contributed by atoms with Gasteiger partial charge in [0.15, 0.2) is 0 Å². The Kier molecular flexibility index (Phi) is 4.30. The fraction of sp³-hybridized carbons (Fsp3) is 0.318. The summed E-state index contributed by atoms with van der Waals surface area (Å²) in [5, 5.41) is 0. The molecule has 0 bridgehead atoms. The maximum absolute atomic E-state index is 12.8. The smallest absolute Gasteiger partial charge is 0.261 e. The molecule has 2 aliphatic rings. The first-order valence-corrected chi connectivity index (χ1v) is 9.34. The molecule has 0 N–H and O–H groups in total. The Morgan fingerprint density at radius 1 is 1.07 bits per heavy atom. The van der Waals surface area contributed by atoms with Crippen LogP contribution in [0.1, 0.15) is 51.6 Å². The van der Waals surface area contributed by atoms with Crippen LogP contribution in [0.3, 0.4) is 0 Å². The van der Waals surface area contributed by atoms with E-state index in [0.29, 0.717) is 24.0 Å². The van der Waals surface area contributed by atoms with E-state index in [0.717, 1.165) is 17.7 Å². The van der Waals surface area contributed by atoms with Crippen LogP contribution in [0, 0.1) is 6.92 Å². The second kappa shape index (κ2) is 6.65. The van der Waals surface area contributed by atoms with Gasteiger partial charge in [-0.3, -0.25) is 19.3 Å². The van der Waals surface area contributed by atoms with Gasteiger partial charge in [0.05, 0.1) is 11.1 Å². The fourth-order valence-electron chi connectivity index (χ4n) is 4.06. The maximum atomic E-state index is 12.8. The number of fused-ring (bicyclic) bond motifs is 2. The number of amides is 3. The summed E-state index contributed by atoms with van der Waals surface area (Å²) >= 11 is 0. The summed E-state index contributed by atoms with van der Waals surface area (Å²) in [6.07, 6.45) is 1.64. The molecule has 27 heavy (non-hydrogen) atoms. The molecular formula is C22H22N2O3. The van der Waals surface area contributed by atoms with Crippen molar-refractivity contribution in [3.8, 4) is 0 Å². The zero-order chi connectivity index (χ0) is 19.1. The van der Waals surface area contributed by atoms with Crippen LogP contribution in [0.2, 0.25) is 0 Å². The minimum Gasteiger partial charge on any atom is -0.309 e. The summed E-state index contributed by atoms with van der Waals surface area (Å²) in [5.41, 5.74) is 4.04. The van der Waals surface area contributed by atoms with Crippen LogP contribution in [0.5, 0.6) is 0 Å². The third kappa shape index (κ3) is 2.93. The van der Waals surface area contributed by atoms with Gasteiger partial charge in [-0.2, -0.15) is 0 Å². The van der Waals surface area contributed by atoms with Crippen molar-refractivity contribution in [3.63, 3.8) is 0 Å². The summed E-state index contributed by atoms with van der Waals surface area (Å²) in [6, 6.07) is 13.4. The fourth-order valence-corrected chi connectivity index (χ4v) is 4.06. The van der Waals surface area contributed by atoms with Gasteiger partial charge < -0.3 is 4.90 Å². The van der Waals surface area contributed by atoms with Crippen molar-refractivity contribution < 1.29 is 14.4 Å². The number of hydrogen-bond acceptors (Lipinski definition) is 3. The van der Waals surface area contributed by atoms with Gasteiger partial charge in [-0.15, -0.1) is 0 Å². The third-order valence-electron chi connectivity index (χ3n) is 5.37. The van der Waals surface area contributed by atoms with Crippen molar-refractivity contribution >= 4 is 23.4 Å². The number of anilines is 1. The average Bonchev–Trinajstić information content (AvgIpc) is 3.10. The third-order valence-corrected chi connectivity index (χ3v) is 5.37. The lowest BCUT2D eigenvalue weighted by Crippen LogP contribution is -2.36. The highest BCUT2D eigenvalue weighted by atomic mass is 16.2. The molecule has 0 fully saturated rings. The van der Waals surface area contributed by atoms with E-state index in [9.17, 15) is 14.4 Å². The lowest BCUT2D eigenvalue weighted by atomic mass is 10.1. The van der Waals surface area contributed by atoms with E-state index in [2.05, 4.69) is 6.07 Å². The Morgan fingerprint density at radius 3 is 2.63 bits per heavy atom. The number of hydrogen-bond donors (Lipinski definition) is 0. The van der Waals surface area contributed by atoms with Crippen molar-refractivity contribution in [1.29, 1.82) is 0 Å². The zero-order valence-electron chi connectivity index (χ0n) is 15.6. The normalized spacial score (nSPS) is 18.1. The molecule has 1 atom stereocenters. The lowest BCUT2D eigenvalue weighted by molar-refractivity contribution is -0.119. The van der Waals surface area contributed by atoms with Gasteiger partial charge >= 0.3 is 0 Å². The molecule has 4 rings (SSSR count). The highest BCUT2D eigenvalue weighted by Gasteiger charge is 2.35. The second-order valence-electron chi connectivity index (χ2n) is 7.36. The van der Waals surface area contributed by atoms with Crippen LogP contribution >= 0.6 is 0 Å². The molecule has 0 aliphatic carbocycles. The van der Waals surface area contributed by atoms with E-state index in [1.54, 1.807) is 12.1 Å². The molecule has 0 aromatic heterocycles. The number of nitrogens with zero attached hydrogens (tertiary/aromatic N) is 2. The maximum Gasteiger partial charge on any atom is 0.261 e. The minimum absolute atomic E-state index is 0.0416. The molecule has 5 heteroatoms. The van der Waals surface area contributed by atoms with E-state index in [1.807, 2.05) is 43.0 Å². The lowest BCUT2D eigenvalue weighted by Gasteiger charge is -2.23. The minimum atomic E-state index is -0.262. The van der Waals surface area contributed by atoms with Gasteiger partial charge in [0.1, 0.15) is 0 Å². The van der Waals surface area contributed by atoms with Crippen molar-refractivity contribution in [2.24, 2.45) is 0 Å². The first-order chi connectivity index (χ1) is 13.0. The topological polar surface area (TPSA) is 57.7 Å². The predicted octanol–water partition coefficient (Wildman–Crippen LogP) is 3.35. The number of carbonyl (C=O) groups is 3. The van der Waals surface area contributed by atoms with Crippen LogP contribution in [-0.4, -0.2) is 35.2 Å². The van der Waals surface area contributed by atoms with E-state index < -0.39 is 0 Å². The molecule has 0 radical (unpaired) electrons. The standard InChI is InChI=1S/C22H22N2O3/c1-14-9-10-17-18(12-14)22(27)23(21(17)26)11-5-8-20(25)24-15(2)13-16-6-3-4-7-19(16)24/h3-4,6-7,9-10,12,15H,5,8,11,13H2,1-2H3. The summed E-state index contributed by atoms with van der Waals surface area (Å²) < 4.78 is 0. The van der Waals surface area contributed by atoms with Crippen molar-refractivity contribution in [2.45, 2.75) is 39.2 Å². The van der Waals surface area contributed by atoms with E-state index in [1.165, 1.54) is 10.5 Å². The molecule has 2 aromatic carbocycles. The Hall–Kier alpha value is -2.95. The molecule has 0 spiro atoms. The SMILES string of the molecule is Cc1ccc2c(c1)C(=O)N(CCCC(=O)N1c3ccccc3CC1C)C2=O. The van der Waals surface area contributed by atoms with Gasteiger partial charge in [0, 0.05) is 24.7 Å². The predicted molar refractivity (Wildman–Crippen MR) is 103 cm³/mol. The Labute approximate surface area is 158 Å². The second-order valence-corrected chi connectivity index (χ2v) is 7.36. The molecule has 2 heterocycles. The molecule has 0 saturated heterocycles. The molecule has 138 valence electrons. The summed E-state index contributed by atoms with van der Waals surface area (Å²) in [5.74, 6) is -0.478. The van der Waals surface area contributed by atoms with Crippen LogP contribution in [0.4, 0.5) is 5.69 Å². The van der Waals surface area contributed by atoms with E-state index >= 15 is 0 Å². The number of benzene rings is 2. The molecule has 1 unspecified atom stereocenters. The summed E-state index contributed by atoms with van der Waals surface area (Å²) in [7, 11) is 0. The van der Waals surface area contributed by atoms with E-state index in [-0.39, 0.29) is 30.3 Å². The van der Waals surface area contributed by atoms with Crippen LogP contribution in [0.25, 0.3) is 0 Å². The van der Waals surface area contributed by atoms with Crippen molar-refractivity contribution in [1.82, 2.24) is 4.90 Å². The highest BCUT2D eigenvalue weighted by Crippen LogP contribution is 2.32. The Balaban J connectivity index is 1.40. The van der Waals surface area contributed by atoms with Gasteiger partial charge in [0.25, 0.3) is 11.8 Å². The largest absolute Gasteiger partial charge is 0.309 e. The van der Waals surface area contributed by atoms with Gasteiger partial charge in [-0.25, -0.2) is 0 Å². The summed E-state index contributed by atoms with van der Waals surface area (Å²) in [4.78, 5) is 40.9. The van der Waals surface area contributed by atoms with E-state index in [4.69, 9.17) is 0 Å². The number of carbonyl (C=O) groups excluding carboxylic acids is 3. The Bertz CT molecular complexity index is 950. The number of rotatable bonds is 4. The van der Waals surface area contributed by atoms with Crippen LogP contribution in [0.15, 0.2) is 42.5 Å². The molecule has 3 amide bonds. The van der Waals surface area contributed by atoms with Crippen molar-refractivity contribution in [2.75, 3.05) is 11.4 Å². The molecule has 5 nitrogen and oxygen atoms in total.